The van der Waals surface area contributed by atoms with Gasteiger partial charge in [0.15, 0.2) is 0 Å². The maximum absolute atomic E-state index is 10.7. The molecule has 5 nitrogen and oxygen atoms in total. The zero-order valence-corrected chi connectivity index (χ0v) is 10.2. The summed E-state index contributed by atoms with van der Waals surface area (Å²) in [6, 6.07) is 1.97. The molecule has 0 radical (unpaired) electrons. The number of likely N-dealkylation sites (tertiary alicyclic amines) is 1. The lowest BCUT2D eigenvalue weighted by Gasteiger charge is -2.11. The van der Waals surface area contributed by atoms with Gasteiger partial charge in [-0.1, -0.05) is 0 Å². The first-order valence-corrected chi connectivity index (χ1v) is 5.79. The number of nitrogens with zero attached hydrogens (tertiary/aromatic N) is 3. The van der Waals surface area contributed by atoms with Gasteiger partial charge in [-0.3, -0.25) is 4.79 Å². The number of rotatable bonds is 3. The third-order valence-electron chi connectivity index (χ3n) is 3.04. The van der Waals surface area contributed by atoms with Crippen LogP contribution < -0.4 is 0 Å². The van der Waals surface area contributed by atoms with Crippen LogP contribution in [0.2, 0.25) is 0 Å². The number of aryl methyl sites for hydroxylation is 1. The number of hydrogen-bond donors (Lipinski definition) is 1. The monoisotopic (exact) mass is 235 g/mol. The normalized spacial score (nSPS) is 20.7. The molecule has 0 aliphatic carbocycles. The molecule has 92 valence electrons. The van der Waals surface area contributed by atoms with E-state index < -0.39 is 5.97 Å². The molecular formula is C12H17N3O2. The molecule has 1 unspecified atom stereocenters. The fourth-order valence-corrected chi connectivity index (χ4v) is 2.26. The van der Waals surface area contributed by atoms with Crippen LogP contribution in [0.4, 0.5) is 0 Å². The summed E-state index contributed by atoms with van der Waals surface area (Å²) < 4.78 is 0. The summed E-state index contributed by atoms with van der Waals surface area (Å²) in [4.78, 5) is 21.5. The Labute approximate surface area is 100 Å². The summed E-state index contributed by atoms with van der Waals surface area (Å²) in [6.07, 6.45) is 0.983. The van der Waals surface area contributed by atoms with Crippen molar-refractivity contribution in [2.24, 2.45) is 0 Å². The van der Waals surface area contributed by atoms with E-state index in [0.29, 0.717) is 11.7 Å². The molecule has 1 N–H and O–H groups in total. The predicted octanol–water partition coefficient (Wildman–Crippen LogP) is 0.831. The number of aromatic nitrogens is 2. The van der Waals surface area contributed by atoms with Crippen LogP contribution in [-0.4, -0.2) is 46.1 Å². The summed E-state index contributed by atoms with van der Waals surface area (Å²) in [5.74, 6) is -0.0543. The Bertz CT molecular complexity index is 434. The summed E-state index contributed by atoms with van der Waals surface area (Å²) in [5.41, 5.74) is 1.83. The molecule has 0 spiro atoms. The summed E-state index contributed by atoms with van der Waals surface area (Å²) in [6.45, 7) is 3.94. The highest BCUT2D eigenvalue weighted by Gasteiger charge is 2.23. The SMILES string of the molecule is Cc1cc(C2CCN(C)C2)nc(CC(=O)O)n1. The van der Waals surface area contributed by atoms with Gasteiger partial charge in [-0.2, -0.15) is 0 Å². The van der Waals surface area contributed by atoms with Crippen molar-refractivity contribution in [1.82, 2.24) is 14.9 Å². The molecule has 1 saturated heterocycles. The van der Waals surface area contributed by atoms with Crippen LogP contribution in [0.15, 0.2) is 6.07 Å². The lowest BCUT2D eigenvalue weighted by Crippen LogP contribution is -2.15. The molecule has 1 aromatic rings. The molecule has 1 fully saturated rings. The summed E-state index contributed by atoms with van der Waals surface area (Å²) in [7, 11) is 2.09. The van der Waals surface area contributed by atoms with Crippen molar-refractivity contribution in [2.45, 2.75) is 25.7 Å². The maximum Gasteiger partial charge on any atom is 0.311 e. The van der Waals surface area contributed by atoms with Gasteiger partial charge in [-0.15, -0.1) is 0 Å². The molecule has 0 amide bonds. The average Bonchev–Trinajstić information content (AvgIpc) is 2.62. The van der Waals surface area contributed by atoms with Gasteiger partial charge in [0.25, 0.3) is 0 Å². The molecule has 1 aromatic heterocycles. The first kappa shape index (κ1) is 12.0. The van der Waals surface area contributed by atoms with E-state index in [1.54, 1.807) is 0 Å². The van der Waals surface area contributed by atoms with Crippen LogP contribution in [0.1, 0.15) is 29.6 Å². The maximum atomic E-state index is 10.7. The quantitative estimate of drug-likeness (QED) is 0.840. The van der Waals surface area contributed by atoms with E-state index in [0.717, 1.165) is 30.9 Å². The van der Waals surface area contributed by atoms with E-state index in [9.17, 15) is 4.79 Å². The van der Waals surface area contributed by atoms with Gasteiger partial charge in [-0.05, 0) is 33.0 Å². The lowest BCUT2D eigenvalue weighted by molar-refractivity contribution is -0.136. The topological polar surface area (TPSA) is 66.3 Å². The highest BCUT2D eigenvalue weighted by molar-refractivity contribution is 5.68. The Morgan fingerprint density at radius 2 is 2.35 bits per heavy atom. The number of carbonyl (C=O) groups is 1. The van der Waals surface area contributed by atoms with E-state index in [4.69, 9.17) is 5.11 Å². The van der Waals surface area contributed by atoms with Gasteiger partial charge in [0, 0.05) is 23.9 Å². The second-order valence-corrected chi connectivity index (χ2v) is 4.67. The minimum Gasteiger partial charge on any atom is -0.481 e. The average molecular weight is 235 g/mol. The zero-order valence-electron chi connectivity index (χ0n) is 10.2. The number of likely N-dealkylation sites (N-methyl/N-ethyl adjacent to an activating group) is 1. The van der Waals surface area contributed by atoms with Crippen LogP contribution in [0, 0.1) is 6.92 Å². The molecular weight excluding hydrogens is 218 g/mol. The molecule has 2 rings (SSSR count). The Morgan fingerprint density at radius 3 is 2.94 bits per heavy atom. The molecule has 0 aromatic carbocycles. The minimum atomic E-state index is -0.884. The van der Waals surface area contributed by atoms with E-state index in [1.165, 1.54) is 0 Å². The van der Waals surface area contributed by atoms with Gasteiger partial charge >= 0.3 is 5.97 Å². The molecule has 1 atom stereocenters. The first-order valence-electron chi connectivity index (χ1n) is 5.79. The molecule has 0 saturated carbocycles. The fourth-order valence-electron chi connectivity index (χ4n) is 2.26. The largest absolute Gasteiger partial charge is 0.481 e. The highest BCUT2D eigenvalue weighted by atomic mass is 16.4. The predicted molar refractivity (Wildman–Crippen MR) is 63.0 cm³/mol. The van der Waals surface area contributed by atoms with E-state index in [1.807, 2.05) is 13.0 Å². The van der Waals surface area contributed by atoms with Crippen LogP contribution in [0.3, 0.4) is 0 Å². The van der Waals surface area contributed by atoms with Gasteiger partial charge < -0.3 is 10.0 Å². The first-order chi connectivity index (χ1) is 8.04. The minimum absolute atomic E-state index is 0.1000. The van der Waals surface area contributed by atoms with Gasteiger partial charge in [0.1, 0.15) is 12.2 Å². The second kappa shape index (κ2) is 4.79. The highest BCUT2D eigenvalue weighted by Crippen LogP contribution is 2.25. The molecule has 17 heavy (non-hydrogen) atoms. The molecule has 0 bridgehead atoms. The third-order valence-corrected chi connectivity index (χ3v) is 3.04. The van der Waals surface area contributed by atoms with Crippen molar-refractivity contribution in [2.75, 3.05) is 20.1 Å². The van der Waals surface area contributed by atoms with Gasteiger partial charge in [-0.25, -0.2) is 9.97 Å². The van der Waals surface area contributed by atoms with Crippen LogP contribution >= 0.6 is 0 Å². The molecule has 1 aliphatic rings. The van der Waals surface area contributed by atoms with Crippen LogP contribution in [-0.2, 0) is 11.2 Å². The van der Waals surface area contributed by atoms with Crippen molar-refractivity contribution < 1.29 is 9.90 Å². The van der Waals surface area contributed by atoms with E-state index in [2.05, 4.69) is 21.9 Å². The molecule has 2 heterocycles. The van der Waals surface area contributed by atoms with Gasteiger partial charge in [0.05, 0.1) is 0 Å². The summed E-state index contributed by atoms with van der Waals surface area (Å²) >= 11 is 0. The van der Waals surface area contributed by atoms with E-state index >= 15 is 0 Å². The van der Waals surface area contributed by atoms with Crippen molar-refractivity contribution in [3.05, 3.63) is 23.3 Å². The van der Waals surface area contributed by atoms with Gasteiger partial charge in [0.2, 0.25) is 0 Å². The smallest absolute Gasteiger partial charge is 0.311 e. The molecule has 5 heteroatoms. The van der Waals surface area contributed by atoms with Crippen LogP contribution in [0.25, 0.3) is 0 Å². The number of aliphatic carboxylic acids is 1. The lowest BCUT2D eigenvalue weighted by atomic mass is 10.0. The zero-order chi connectivity index (χ0) is 12.4. The summed E-state index contributed by atoms with van der Waals surface area (Å²) in [5, 5.41) is 8.77. The fraction of sp³-hybridized carbons (Fsp3) is 0.583. The second-order valence-electron chi connectivity index (χ2n) is 4.67. The number of carboxylic acid groups (broad SMARTS) is 1. The van der Waals surface area contributed by atoms with Crippen LogP contribution in [0.5, 0.6) is 0 Å². The Hall–Kier alpha value is -1.49. The third kappa shape index (κ3) is 3.00. The standard InChI is InChI=1S/C12H17N3O2/c1-8-5-10(9-3-4-15(2)7-9)14-11(13-8)6-12(16)17/h5,9H,3-4,6-7H2,1-2H3,(H,16,17). The van der Waals surface area contributed by atoms with E-state index in [-0.39, 0.29) is 6.42 Å². The number of hydrogen-bond acceptors (Lipinski definition) is 4. The molecule has 1 aliphatic heterocycles. The van der Waals surface area contributed by atoms with Crippen molar-refractivity contribution >= 4 is 5.97 Å². The van der Waals surface area contributed by atoms with Crippen molar-refractivity contribution in [3.63, 3.8) is 0 Å². The van der Waals surface area contributed by atoms with Crippen molar-refractivity contribution in [3.8, 4) is 0 Å². The Kier molecular flexibility index (Phi) is 3.38. The Morgan fingerprint density at radius 1 is 1.59 bits per heavy atom. The Balaban J connectivity index is 2.22. The van der Waals surface area contributed by atoms with Crippen molar-refractivity contribution in [1.29, 1.82) is 0 Å². The number of carboxylic acids is 1.